The first kappa shape index (κ1) is 17.7. The molecule has 0 bridgehead atoms. The standard InChI is InChI=1S/C16H30BrN3/c1-7-16(6,11-18-10-12(3)4)9-14-15(17)13(5)19-20(14)8-2/h12,18H,7-11H2,1-6H3. The third-order valence-corrected chi connectivity index (χ3v) is 5.04. The zero-order valence-electron chi connectivity index (χ0n) is 13.9. The Morgan fingerprint density at radius 1 is 1.35 bits per heavy atom. The van der Waals surface area contributed by atoms with Crippen molar-refractivity contribution in [2.45, 2.75) is 60.9 Å². The fourth-order valence-corrected chi connectivity index (χ4v) is 2.84. The molecular formula is C16H30BrN3. The highest BCUT2D eigenvalue weighted by molar-refractivity contribution is 9.10. The molecule has 0 fully saturated rings. The van der Waals surface area contributed by atoms with Gasteiger partial charge >= 0.3 is 0 Å². The molecule has 1 atom stereocenters. The van der Waals surface area contributed by atoms with Gasteiger partial charge in [0.05, 0.1) is 15.9 Å². The van der Waals surface area contributed by atoms with Crippen LogP contribution in [0.3, 0.4) is 0 Å². The van der Waals surface area contributed by atoms with Crippen LogP contribution in [-0.4, -0.2) is 22.9 Å². The first-order valence-corrected chi connectivity index (χ1v) is 8.54. The number of aromatic nitrogens is 2. The number of halogens is 1. The van der Waals surface area contributed by atoms with Gasteiger partial charge in [-0.1, -0.05) is 27.7 Å². The molecule has 0 aliphatic carbocycles. The highest BCUT2D eigenvalue weighted by atomic mass is 79.9. The Kier molecular flexibility index (Phi) is 6.73. The van der Waals surface area contributed by atoms with Gasteiger partial charge in [-0.25, -0.2) is 0 Å². The second-order valence-electron chi connectivity index (χ2n) is 6.53. The summed E-state index contributed by atoms with van der Waals surface area (Å²) in [5.41, 5.74) is 2.70. The lowest BCUT2D eigenvalue weighted by atomic mass is 9.82. The Balaban J connectivity index is 2.81. The molecule has 116 valence electrons. The van der Waals surface area contributed by atoms with Crippen LogP contribution in [0.4, 0.5) is 0 Å². The lowest BCUT2D eigenvalue weighted by molar-refractivity contribution is 0.277. The van der Waals surface area contributed by atoms with Crippen molar-refractivity contribution in [1.82, 2.24) is 15.1 Å². The number of nitrogens with one attached hydrogen (secondary N) is 1. The van der Waals surface area contributed by atoms with Gasteiger partial charge in [-0.15, -0.1) is 0 Å². The normalized spacial score (nSPS) is 14.8. The summed E-state index contributed by atoms with van der Waals surface area (Å²) in [5.74, 6) is 0.700. The SMILES string of the molecule is CCn1nc(C)c(Br)c1CC(C)(CC)CNCC(C)C. The average molecular weight is 344 g/mol. The topological polar surface area (TPSA) is 29.9 Å². The van der Waals surface area contributed by atoms with Crippen LogP contribution in [0.25, 0.3) is 0 Å². The van der Waals surface area contributed by atoms with Crippen LogP contribution in [0.1, 0.15) is 52.4 Å². The molecular weight excluding hydrogens is 314 g/mol. The summed E-state index contributed by atoms with van der Waals surface area (Å²) in [6.45, 7) is 16.5. The predicted molar refractivity (Wildman–Crippen MR) is 90.1 cm³/mol. The fraction of sp³-hybridized carbons (Fsp3) is 0.812. The fourth-order valence-electron chi connectivity index (χ4n) is 2.42. The van der Waals surface area contributed by atoms with Crippen molar-refractivity contribution in [2.75, 3.05) is 13.1 Å². The molecule has 0 aromatic carbocycles. The van der Waals surface area contributed by atoms with Gasteiger partial charge in [-0.05, 0) is 60.5 Å². The van der Waals surface area contributed by atoms with Gasteiger partial charge in [0.2, 0.25) is 0 Å². The van der Waals surface area contributed by atoms with Crippen molar-refractivity contribution < 1.29 is 0 Å². The first-order valence-electron chi connectivity index (χ1n) is 7.75. The van der Waals surface area contributed by atoms with E-state index >= 15 is 0 Å². The zero-order valence-corrected chi connectivity index (χ0v) is 15.5. The Morgan fingerprint density at radius 3 is 2.50 bits per heavy atom. The highest BCUT2D eigenvalue weighted by Gasteiger charge is 2.26. The van der Waals surface area contributed by atoms with Crippen molar-refractivity contribution in [3.05, 3.63) is 15.9 Å². The molecule has 20 heavy (non-hydrogen) atoms. The third-order valence-electron chi connectivity index (χ3n) is 4.00. The molecule has 0 amide bonds. The van der Waals surface area contributed by atoms with Crippen LogP contribution in [0.15, 0.2) is 4.47 Å². The second kappa shape index (κ2) is 7.60. The molecule has 1 aromatic rings. The number of hydrogen-bond donors (Lipinski definition) is 1. The van der Waals surface area contributed by atoms with E-state index in [9.17, 15) is 0 Å². The number of nitrogens with zero attached hydrogens (tertiary/aromatic N) is 2. The van der Waals surface area contributed by atoms with Crippen LogP contribution in [0.2, 0.25) is 0 Å². The Labute approximate surface area is 132 Å². The van der Waals surface area contributed by atoms with E-state index in [1.54, 1.807) is 0 Å². The maximum Gasteiger partial charge on any atom is 0.0738 e. The first-order chi connectivity index (χ1) is 9.33. The molecule has 0 saturated heterocycles. The van der Waals surface area contributed by atoms with Crippen LogP contribution in [-0.2, 0) is 13.0 Å². The van der Waals surface area contributed by atoms with Crippen LogP contribution < -0.4 is 5.32 Å². The number of hydrogen-bond acceptors (Lipinski definition) is 2. The van der Waals surface area contributed by atoms with Crippen LogP contribution in [0, 0.1) is 18.3 Å². The van der Waals surface area contributed by atoms with E-state index in [0.717, 1.165) is 31.7 Å². The molecule has 0 spiro atoms. The van der Waals surface area contributed by atoms with Crippen molar-refractivity contribution >= 4 is 15.9 Å². The molecule has 1 aromatic heterocycles. The van der Waals surface area contributed by atoms with Crippen LogP contribution >= 0.6 is 15.9 Å². The predicted octanol–water partition coefficient (Wildman–Crippen LogP) is 4.18. The van der Waals surface area contributed by atoms with Gasteiger partial charge in [0.1, 0.15) is 0 Å². The van der Waals surface area contributed by atoms with Crippen molar-refractivity contribution in [2.24, 2.45) is 11.3 Å². The maximum atomic E-state index is 4.61. The summed E-state index contributed by atoms with van der Waals surface area (Å²) in [6, 6.07) is 0. The number of aryl methyl sites for hydroxylation is 2. The number of rotatable bonds is 8. The Hall–Kier alpha value is -0.350. The summed E-state index contributed by atoms with van der Waals surface area (Å²) in [6.07, 6.45) is 2.22. The minimum atomic E-state index is 0.275. The van der Waals surface area contributed by atoms with E-state index in [-0.39, 0.29) is 5.41 Å². The maximum absolute atomic E-state index is 4.61. The monoisotopic (exact) mass is 343 g/mol. The average Bonchev–Trinajstić information content (AvgIpc) is 2.66. The third kappa shape index (κ3) is 4.59. The quantitative estimate of drug-likeness (QED) is 0.767. The van der Waals surface area contributed by atoms with Gasteiger partial charge in [-0.2, -0.15) is 5.10 Å². The molecule has 0 saturated carbocycles. The van der Waals surface area contributed by atoms with Crippen LogP contribution in [0.5, 0.6) is 0 Å². The van der Waals surface area contributed by atoms with Gasteiger partial charge in [-0.3, -0.25) is 4.68 Å². The highest BCUT2D eigenvalue weighted by Crippen LogP contribution is 2.31. The molecule has 3 nitrogen and oxygen atoms in total. The lowest BCUT2D eigenvalue weighted by Crippen LogP contribution is -2.35. The van der Waals surface area contributed by atoms with E-state index in [2.05, 4.69) is 72.6 Å². The zero-order chi connectivity index (χ0) is 15.3. The summed E-state index contributed by atoms with van der Waals surface area (Å²) in [4.78, 5) is 0. The smallest absolute Gasteiger partial charge is 0.0738 e. The molecule has 0 aliphatic rings. The van der Waals surface area contributed by atoms with Gasteiger partial charge in [0.15, 0.2) is 0 Å². The van der Waals surface area contributed by atoms with Crippen molar-refractivity contribution in [1.29, 1.82) is 0 Å². The molecule has 1 N–H and O–H groups in total. The minimum Gasteiger partial charge on any atom is -0.316 e. The summed E-state index contributed by atoms with van der Waals surface area (Å²) in [7, 11) is 0. The minimum absolute atomic E-state index is 0.275. The molecule has 0 radical (unpaired) electrons. The molecule has 1 heterocycles. The van der Waals surface area contributed by atoms with Crippen molar-refractivity contribution in [3.63, 3.8) is 0 Å². The summed E-state index contributed by atoms with van der Waals surface area (Å²) < 4.78 is 3.32. The second-order valence-corrected chi connectivity index (χ2v) is 7.32. The van der Waals surface area contributed by atoms with Gasteiger partial charge in [0.25, 0.3) is 0 Å². The molecule has 1 rings (SSSR count). The van der Waals surface area contributed by atoms with E-state index in [4.69, 9.17) is 0 Å². The van der Waals surface area contributed by atoms with Crippen molar-refractivity contribution in [3.8, 4) is 0 Å². The van der Waals surface area contributed by atoms with E-state index in [1.807, 2.05) is 0 Å². The van der Waals surface area contributed by atoms with E-state index < -0.39 is 0 Å². The van der Waals surface area contributed by atoms with E-state index in [0.29, 0.717) is 5.92 Å². The largest absolute Gasteiger partial charge is 0.316 e. The molecule has 0 aliphatic heterocycles. The Morgan fingerprint density at radius 2 is 2.00 bits per heavy atom. The van der Waals surface area contributed by atoms with Gasteiger partial charge < -0.3 is 5.32 Å². The summed E-state index contributed by atoms with van der Waals surface area (Å²) in [5, 5.41) is 8.22. The molecule has 4 heteroatoms. The van der Waals surface area contributed by atoms with Gasteiger partial charge in [0, 0.05) is 13.1 Å². The molecule has 1 unspecified atom stereocenters. The lowest BCUT2D eigenvalue weighted by Gasteiger charge is -2.29. The van der Waals surface area contributed by atoms with E-state index in [1.165, 1.54) is 16.6 Å². The summed E-state index contributed by atoms with van der Waals surface area (Å²) >= 11 is 3.71. The Bertz CT molecular complexity index is 426.